The molecule has 0 rings (SSSR count). The molecule has 0 aromatic rings. The standard InChI is InChI=1S/C21H42N2O3/c1-4-5-6-7-8-9-10-11-12-13-14-18-26-20(22)16-15-17-23(2,3)19-21(24)25/h22H,4-19H2,1-3H3/p+1. The fourth-order valence-electron chi connectivity index (χ4n) is 3.15. The molecule has 0 fully saturated rings. The Labute approximate surface area is 161 Å². The van der Waals surface area contributed by atoms with E-state index in [4.69, 9.17) is 15.3 Å². The lowest BCUT2D eigenvalue weighted by molar-refractivity contribution is -0.883. The fourth-order valence-corrected chi connectivity index (χ4v) is 3.15. The summed E-state index contributed by atoms with van der Waals surface area (Å²) >= 11 is 0. The Morgan fingerprint density at radius 2 is 1.38 bits per heavy atom. The van der Waals surface area contributed by atoms with Crippen LogP contribution in [0.4, 0.5) is 0 Å². The number of carbonyl (C=O) groups is 1. The van der Waals surface area contributed by atoms with E-state index >= 15 is 0 Å². The van der Waals surface area contributed by atoms with Gasteiger partial charge in [-0.3, -0.25) is 5.41 Å². The first-order chi connectivity index (χ1) is 12.4. The second-order valence-electron chi connectivity index (χ2n) is 8.12. The van der Waals surface area contributed by atoms with Crippen LogP contribution in [0, 0.1) is 5.41 Å². The van der Waals surface area contributed by atoms with E-state index in [9.17, 15) is 4.79 Å². The molecule has 26 heavy (non-hydrogen) atoms. The Bertz CT molecular complexity index is 370. The third-order valence-corrected chi connectivity index (χ3v) is 4.75. The highest BCUT2D eigenvalue weighted by Gasteiger charge is 2.19. The number of carboxylic acids is 1. The van der Waals surface area contributed by atoms with Crippen LogP contribution in [0.1, 0.15) is 90.4 Å². The summed E-state index contributed by atoms with van der Waals surface area (Å²) in [6, 6.07) is 0. The van der Waals surface area contributed by atoms with Gasteiger partial charge in [-0.15, -0.1) is 0 Å². The molecule has 0 saturated heterocycles. The van der Waals surface area contributed by atoms with Crippen molar-refractivity contribution in [1.82, 2.24) is 0 Å². The van der Waals surface area contributed by atoms with E-state index < -0.39 is 5.97 Å². The molecule has 0 aliphatic carbocycles. The smallest absolute Gasteiger partial charge is 0.359 e. The van der Waals surface area contributed by atoms with Crippen molar-refractivity contribution in [3.63, 3.8) is 0 Å². The maximum atomic E-state index is 10.8. The molecule has 0 unspecified atom stereocenters. The zero-order valence-corrected chi connectivity index (χ0v) is 17.5. The van der Waals surface area contributed by atoms with Crippen LogP contribution in [-0.2, 0) is 9.53 Å². The van der Waals surface area contributed by atoms with E-state index in [1.807, 2.05) is 14.1 Å². The molecule has 0 bridgehead atoms. The number of carboxylic acid groups (broad SMARTS) is 1. The topological polar surface area (TPSA) is 70.4 Å². The maximum absolute atomic E-state index is 10.8. The minimum atomic E-state index is -0.780. The summed E-state index contributed by atoms with van der Waals surface area (Å²) in [5.74, 6) is -0.440. The molecule has 154 valence electrons. The van der Waals surface area contributed by atoms with Gasteiger partial charge in [-0.25, -0.2) is 4.79 Å². The van der Waals surface area contributed by atoms with Gasteiger partial charge in [0.2, 0.25) is 0 Å². The monoisotopic (exact) mass is 371 g/mol. The Balaban J connectivity index is 3.38. The SMILES string of the molecule is CCCCCCCCCCCCCOC(=N)CCC[N+](C)(C)CC(=O)O. The highest BCUT2D eigenvalue weighted by atomic mass is 16.5. The van der Waals surface area contributed by atoms with Gasteiger partial charge < -0.3 is 14.3 Å². The number of hydrogen-bond donors (Lipinski definition) is 2. The highest BCUT2D eigenvalue weighted by molar-refractivity contribution is 5.72. The molecule has 0 atom stereocenters. The van der Waals surface area contributed by atoms with Crippen molar-refractivity contribution >= 4 is 11.9 Å². The van der Waals surface area contributed by atoms with Crippen molar-refractivity contribution in [2.24, 2.45) is 0 Å². The molecule has 0 radical (unpaired) electrons. The summed E-state index contributed by atoms with van der Waals surface area (Å²) in [7, 11) is 3.81. The van der Waals surface area contributed by atoms with E-state index in [1.54, 1.807) is 0 Å². The van der Waals surface area contributed by atoms with Crippen LogP contribution < -0.4 is 0 Å². The summed E-state index contributed by atoms with van der Waals surface area (Å²) in [6.45, 7) is 3.76. The number of unbranched alkanes of at least 4 members (excludes halogenated alkanes) is 10. The molecule has 0 heterocycles. The van der Waals surface area contributed by atoms with Gasteiger partial charge >= 0.3 is 5.97 Å². The number of hydrogen-bond acceptors (Lipinski definition) is 3. The van der Waals surface area contributed by atoms with Crippen molar-refractivity contribution in [1.29, 1.82) is 5.41 Å². The first-order valence-corrected chi connectivity index (χ1v) is 10.6. The largest absolute Gasteiger partial charge is 0.481 e. The Kier molecular flexibility index (Phi) is 15.4. The lowest BCUT2D eigenvalue weighted by atomic mass is 10.1. The molecule has 5 nitrogen and oxygen atoms in total. The average Bonchev–Trinajstić information content (AvgIpc) is 2.54. The second-order valence-corrected chi connectivity index (χ2v) is 8.12. The third-order valence-electron chi connectivity index (χ3n) is 4.75. The minimum Gasteiger partial charge on any atom is -0.481 e. The molecule has 0 aliphatic rings. The molecule has 0 aliphatic heterocycles. The van der Waals surface area contributed by atoms with Crippen molar-refractivity contribution in [2.75, 3.05) is 33.8 Å². The summed E-state index contributed by atoms with van der Waals surface area (Å²) in [5.41, 5.74) is 0. The number of nitrogens with zero attached hydrogens (tertiary/aromatic N) is 1. The molecular formula is C21H43N2O3+. The fraction of sp³-hybridized carbons (Fsp3) is 0.905. The second kappa shape index (κ2) is 16.1. The van der Waals surface area contributed by atoms with E-state index in [1.165, 1.54) is 64.2 Å². The van der Waals surface area contributed by atoms with E-state index in [-0.39, 0.29) is 6.54 Å². The highest BCUT2D eigenvalue weighted by Crippen LogP contribution is 2.11. The first-order valence-electron chi connectivity index (χ1n) is 10.6. The third kappa shape index (κ3) is 17.7. The zero-order chi connectivity index (χ0) is 19.7. The molecule has 0 aromatic heterocycles. The number of nitrogens with one attached hydrogen (secondary N) is 1. The molecule has 0 spiro atoms. The Morgan fingerprint density at radius 1 is 0.885 bits per heavy atom. The Morgan fingerprint density at radius 3 is 1.88 bits per heavy atom. The number of aliphatic carboxylic acids is 1. The zero-order valence-electron chi connectivity index (χ0n) is 17.5. The van der Waals surface area contributed by atoms with Gasteiger partial charge in [-0.05, 0) is 6.42 Å². The van der Waals surface area contributed by atoms with Crippen LogP contribution in [0.2, 0.25) is 0 Å². The van der Waals surface area contributed by atoms with Crippen molar-refractivity contribution < 1.29 is 19.1 Å². The van der Waals surface area contributed by atoms with Crippen LogP contribution in [0.5, 0.6) is 0 Å². The van der Waals surface area contributed by atoms with Gasteiger partial charge in [0.05, 0.1) is 27.2 Å². The van der Waals surface area contributed by atoms with Gasteiger partial charge in [0, 0.05) is 12.8 Å². The normalized spacial score (nSPS) is 11.5. The van der Waals surface area contributed by atoms with Crippen LogP contribution in [0.15, 0.2) is 0 Å². The quantitative estimate of drug-likeness (QED) is 0.150. The van der Waals surface area contributed by atoms with Crippen LogP contribution in [0.3, 0.4) is 0 Å². The molecule has 0 saturated carbocycles. The van der Waals surface area contributed by atoms with E-state index in [0.717, 1.165) is 19.4 Å². The van der Waals surface area contributed by atoms with Gasteiger partial charge in [-0.2, -0.15) is 0 Å². The van der Waals surface area contributed by atoms with Crippen LogP contribution in [-0.4, -0.2) is 55.2 Å². The summed E-state index contributed by atoms with van der Waals surface area (Å²) in [5, 5.41) is 16.7. The van der Waals surface area contributed by atoms with Gasteiger partial charge in [0.1, 0.15) is 0 Å². The van der Waals surface area contributed by atoms with Crippen LogP contribution in [0.25, 0.3) is 0 Å². The number of rotatable bonds is 18. The van der Waals surface area contributed by atoms with E-state index in [0.29, 0.717) is 23.4 Å². The average molecular weight is 372 g/mol. The predicted molar refractivity (Wildman–Crippen MR) is 109 cm³/mol. The number of likely N-dealkylation sites (N-methyl/N-ethyl adjacent to an activating group) is 1. The minimum absolute atomic E-state index is 0.118. The molecule has 0 amide bonds. The Hall–Kier alpha value is -1.10. The molecule has 0 aromatic carbocycles. The van der Waals surface area contributed by atoms with Gasteiger partial charge in [0.25, 0.3) is 0 Å². The van der Waals surface area contributed by atoms with Crippen molar-refractivity contribution in [2.45, 2.75) is 90.4 Å². The summed E-state index contributed by atoms with van der Waals surface area (Å²) in [4.78, 5) is 10.8. The first kappa shape index (κ1) is 24.9. The predicted octanol–water partition coefficient (Wildman–Crippen LogP) is 5.23. The molecule has 5 heteroatoms. The van der Waals surface area contributed by atoms with Gasteiger partial charge in [-0.1, -0.05) is 71.1 Å². The molecular weight excluding hydrogens is 328 g/mol. The molecule has 2 N–H and O–H groups in total. The summed E-state index contributed by atoms with van der Waals surface area (Å²) < 4.78 is 5.93. The van der Waals surface area contributed by atoms with Crippen molar-refractivity contribution in [3.05, 3.63) is 0 Å². The number of ether oxygens (including phenoxy) is 1. The summed E-state index contributed by atoms with van der Waals surface area (Å²) in [6.07, 6.45) is 15.8. The van der Waals surface area contributed by atoms with Crippen LogP contribution >= 0.6 is 0 Å². The lowest BCUT2D eigenvalue weighted by Gasteiger charge is -2.27. The van der Waals surface area contributed by atoms with Gasteiger partial charge in [0.15, 0.2) is 12.4 Å². The van der Waals surface area contributed by atoms with Crippen molar-refractivity contribution in [3.8, 4) is 0 Å². The number of quaternary nitrogens is 1. The lowest BCUT2D eigenvalue weighted by Crippen LogP contribution is -2.44. The van der Waals surface area contributed by atoms with E-state index in [2.05, 4.69) is 6.92 Å². The maximum Gasteiger partial charge on any atom is 0.359 e.